The van der Waals surface area contributed by atoms with Gasteiger partial charge in [0, 0.05) is 17.8 Å². The molecule has 0 aliphatic heterocycles. The molecule has 1 N–H and O–H groups in total. The van der Waals surface area contributed by atoms with E-state index in [9.17, 15) is 8.42 Å². The molecule has 0 saturated heterocycles. The molecule has 1 aromatic carbocycles. The number of aromatic nitrogens is 1. The van der Waals surface area contributed by atoms with Crippen molar-refractivity contribution < 1.29 is 8.42 Å². The lowest BCUT2D eigenvalue weighted by molar-refractivity contribution is 0.581. The zero-order valence-electron chi connectivity index (χ0n) is 11.8. The monoisotopic (exact) mass is 310 g/mol. The molecule has 0 aliphatic rings. The van der Waals surface area contributed by atoms with Gasteiger partial charge in [-0.05, 0) is 32.9 Å². The van der Waals surface area contributed by atoms with Crippen LogP contribution < -0.4 is 4.72 Å². The van der Waals surface area contributed by atoms with Crippen molar-refractivity contribution in [3.05, 3.63) is 45.4 Å². The quantitative estimate of drug-likeness (QED) is 0.923. The van der Waals surface area contributed by atoms with Crippen LogP contribution in [0.5, 0.6) is 0 Å². The number of sulfonamides is 1. The lowest BCUT2D eigenvalue weighted by Crippen LogP contribution is -2.25. The van der Waals surface area contributed by atoms with Gasteiger partial charge in [0.25, 0.3) is 0 Å². The number of hydrogen-bond acceptors (Lipinski definition) is 4. The predicted molar refractivity (Wildman–Crippen MR) is 81.7 cm³/mol. The number of thiazole rings is 1. The molecule has 0 saturated carbocycles. The predicted octanol–water partition coefficient (Wildman–Crippen LogP) is 2.59. The van der Waals surface area contributed by atoms with Crippen LogP contribution in [0.2, 0.25) is 0 Å². The first-order valence-corrected chi connectivity index (χ1v) is 8.68. The zero-order valence-corrected chi connectivity index (χ0v) is 13.4. The molecule has 0 bridgehead atoms. The topological polar surface area (TPSA) is 59.1 Å². The third kappa shape index (κ3) is 3.65. The Bertz CT molecular complexity index is 669. The molecule has 0 amide bonds. The van der Waals surface area contributed by atoms with Crippen LogP contribution in [0.4, 0.5) is 0 Å². The summed E-state index contributed by atoms with van der Waals surface area (Å²) < 4.78 is 26.8. The van der Waals surface area contributed by atoms with Gasteiger partial charge in [-0.3, -0.25) is 0 Å². The fourth-order valence-corrected chi connectivity index (χ4v) is 3.70. The summed E-state index contributed by atoms with van der Waals surface area (Å²) in [5.41, 5.74) is 2.06. The van der Waals surface area contributed by atoms with E-state index >= 15 is 0 Å². The highest BCUT2D eigenvalue weighted by atomic mass is 32.2. The first-order chi connectivity index (χ1) is 9.38. The molecular weight excluding hydrogens is 292 g/mol. The van der Waals surface area contributed by atoms with Crippen LogP contribution in [0, 0.1) is 20.8 Å². The van der Waals surface area contributed by atoms with Gasteiger partial charge in [0.1, 0.15) is 0 Å². The molecular formula is C14H18N2O2S2. The summed E-state index contributed by atoms with van der Waals surface area (Å²) in [4.78, 5) is 5.88. The molecule has 108 valence electrons. The van der Waals surface area contributed by atoms with Gasteiger partial charge in [-0.2, -0.15) is 0 Å². The lowest BCUT2D eigenvalue weighted by Gasteiger charge is -2.06. The Labute approximate surface area is 123 Å². The number of nitrogens with one attached hydrogen (secondary N) is 1. The van der Waals surface area contributed by atoms with Crippen LogP contribution in [0.25, 0.3) is 0 Å². The molecule has 0 atom stereocenters. The first kappa shape index (κ1) is 15.2. The van der Waals surface area contributed by atoms with Crippen molar-refractivity contribution in [2.45, 2.75) is 32.1 Å². The van der Waals surface area contributed by atoms with Gasteiger partial charge in [-0.25, -0.2) is 18.1 Å². The molecule has 1 heterocycles. The molecule has 2 rings (SSSR count). The van der Waals surface area contributed by atoms with Crippen LogP contribution >= 0.6 is 11.3 Å². The van der Waals surface area contributed by atoms with E-state index in [1.807, 2.05) is 20.8 Å². The fraction of sp³-hybridized carbons (Fsp3) is 0.357. The summed E-state index contributed by atoms with van der Waals surface area (Å²) in [5.74, 6) is 0. The van der Waals surface area contributed by atoms with E-state index < -0.39 is 10.0 Å². The van der Waals surface area contributed by atoms with Crippen LogP contribution in [0.1, 0.15) is 21.1 Å². The summed E-state index contributed by atoms with van der Waals surface area (Å²) in [7, 11) is -3.42. The molecule has 0 radical (unpaired) electrons. The minimum atomic E-state index is -3.42. The highest BCUT2D eigenvalue weighted by Crippen LogP contribution is 2.16. The van der Waals surface area contributed by atoms with E-state index in [2.05, 4.69) is 9.71 Å². The average Bonchev–Trinajstić information content (AvgIpc) is 2.69. The van der Waals surface area contributed by atoms with Crippen molar-refractivity contribution in [3.63, 3.8) is 0 Å². The smallest absolute Gasteiger partial charge is 0.240 e. The second kappa shape index (κ2) is 6.03. The van der Waals surface area contributed by atoms with E-state index in [4.69, 9.17) is 0 Å². The number of aryl methyl sites for hydroxylation is 3. The Hall–Kier alpha value is -1.24. The summed E-state index contributed by atoms with van der Waals surface area (Å²) in [6.45, 7) is 6.28. The maximum atomic E-state index is 12.1. The molecule has 2 aromatic rings. The van der Waals surface area contributed by atoms with Gasteiger partial charge < -0.3 is 0 Å². The molecule has 6 heteroatoms. The second-order valence-electron chi connectivity index (χ2n) is 4.71. The summed E-state index contributed by atoms with van der Waals surface area (Å²) in [5, 5.41) is 0.964. The maximum Gasteiger partial charge on any atom is 0.240 e. The third-order valence-corrected chi connectivity index (χ3v) is 5.64. The minimum Gasteiger partial charge on any atom is -0.246 e. The molecule has 4 nitrogen and oxygen atoms in total. The van der Waals surface area contributed by atoms with Crippen LogP contribution in [-0.2, 0) is 16.4 Å². The largest absolute Gasteiger partial charge is 0.246 e. The van der Waals surface area contributed by atoms with E-state index in [1.54, 1.807) is 35.6 Å². The zero-order chi connectivity index (χ0) is 14.8. The van der Waals surface area contributed by atoms with Gasteiger partial charge >= 0.3 is 0 Å². The second-order valence-corrected chi connectivity index (χ2v) is 7.76. The van der Waals surface area contributed by atoms with Crippen molar-refractivity contribution in [1.82, 2.24) is 9.71 Å². The van der Waals surface area contributed by atoms with Gasteiger partial charge in [-0.15, -0.1) is 11.3 Å². The van der Waals surface area contributed by atoms with Crippen LogP contribution in [0.3, 0.4) is 0 Å². The summed E-state index contributed by atoms with van der Waals surface area (Å²) >= 11 is 1.62. The Morgan fingerprint density at radius 1 is 1.15 bits per heavy atom. The van der Waals surface area contributed by atoms with E-state index in [-0.39, 0.29) is 0 Å². The summed E-state index contributed by atoms with van der Waals surface area (Å²) in [6, 6.07) is 6.83. The number of benzene rings is 1. The third-order valence-electron chi connectivity index (χ3n) is 3.04. The van der Waals surface area contributed by atoms with Crippen molar-refractivity contribution in [3.8, 4) is 0 Å². The van der Waals surface area contributed by atoms with Crippen molar-refractivity contribution in [1.29, 1.82) is 0 Å². The van der Waals surface area contributed by atoms with Crippen LogP contribution in [-0.4, -0.2) is 19.9 Å². The molecule has 0 spiro atoms. The van der Waals surface area contributed by atoms with E-state index in [0.717, 1.165) is 16.3 Å². The van der Waals surface area contributed by atoms with Gasteiger partial charge in [-0.1, -0.05) is 17.7 Å². The first-order valence-electron chi connectivity index (χ1n) is 6.38. The molecule has 0 unspecified atom stereocenters. The lowest BCUT2D eigenvalue weighted by atomic mass is 10.2. The number of nitrogens with zero attached hydrogens (tertiary/aromatic N) is 1. The number of hydrogen-bond donors (Lipinski definition) is 1. The van der Waals surface area contributed by atoms with E-state index in [0.29, 0.717) is 17.9 Å². The Balaban J connectivity index is 1.97. The molecule has 1 aromatic heterocycles. The maximum absolute atomic E-state index is 12.1. The van der Waals surface area contributed by atoms with Gasteiger partial charge in [0.2, 0.25) is 10.0 Å². The highest BCUT2D eigenvalue weighted by molar-refractivity contribution is 7.89. The fourth-order valence-electron chi connectivity index (χ4n) is 1.74. The highest BCUT2D eigenvalue weighted by Gasteiger charge is 2.13. The normalized spacial score (nSPS) is 11.8. The Morgan fingerprint density at radius 2 is 1.80 bits per heavy atom. The van der Waals surface area contributed by atoms with Gasteiger partial charge in [0.15, 0.2) is 0 Å². The average molecular weight is 310 g/mol. The SMILES string of the molecule is Cc1ccc(S(=O)(=O)NCCc2nc(C)c(C)s2)cc1. The minimum absolute atomic E-state index is 0.301. The Morgan fingerprint density at radius 3 is 2.35 bits per heavy atom. The van der Waals surface area contributed by atoms with Gasteiger partial charge in [0.05, 0.1) is 15.6 Å². The van der Waals surface area contributed by atoms with Crippen molar-refractivity contribution in [2.24, 2.45) is 0 Å². The standard InChI is InChI=1S/C14H18N2O2S2/c1-10-4-6-13(7-5-10)20(17,18)15-9-8-14-16-11(2)12(3)19-14/h4-7,15H,8-9H2,1-3H3. The number of rotatable bonds is 5. The molecule has 0 aliphatic carbocycles. The Kier molecular flexibility index (Phi) is 4.57. The van der Waals surface area contributed by atoms with Crippen molar-refractivity contribution in [2.75, 3.05) is 6.54 Å². The summed E-state index contributed by atoms with van der Waals surface area (Å²) in [6.07, 6.45) is 0.616. The molecule has 0 fully saturated rings. The van der Waals surface area contributed by atoms with Crippen molar-refractivity contribution >= 4 is 21.4 Å². The van der Waals surface area contributed by atoms with E-state index in [1.165, 1.54) is 4.88 Å². The molecule has 20 heavy (non-hydrogen) atoms. The van der Waals surface area contributed by atoms with Crippen LogP contribution in [0.15, 0.2) is 29.2 Å².